The summed E-state index contributed by atoms with van der Waals surface area (Å²) in [4.78, 5) is 8.99. The number of nitrogens with zero attached hydrogens (tertiary/aromatic N) is 2. The smallest absolute Gasteiger partial charge is 0.125 e. The maximum absolute atomic E-state index is 4.56. The van der Waals surface area contributed by atoms with Crippen molar-refractivity contribution < 1.29 is 0 Å². The lowest BCUT2D eigenvalue weighted by Gasteiger charge is -2.23. The van der Waals surface area contributed by atoms with Crippen LogP contribution in [0.4, 0.5) is 0 Å². The standard InChI is InChI=1S/C12H18N2/c1-4-10-5-6-11-8(2)13-9(3)14-12(11)7-10/h10H,4-7H2,1-3H3/t10-/m0/s1. The predicted octanol–water partition coefficient (Wildman–Crippen LogP) is 2.61. The van der Waals surface area contributed by atoms with Gasteiger partial charge in [0.05, 0.1) is 0 Å². The van der Waals surface area contributed by atoms with E-state index in [1.54, 1.807) is 0 Å². The highest BCUT2D eigenvalue weighted by Crippen LogP contribution is 2.27. The van der Waals surface area contributed by atoms with Gasteiger partial charge in [0.25, 0.3) is 0 Å². The van der Waals surface area contributed by atoms with E-state index in [9.17, 15) is 0 Å². The summed E-state index contributed by atoms with van der Waals surface area (Å²) in [6.45, 7) is 6.37. The molecule has 1 atom stereocenters. The van der Waals surface area contributed by atoms with Crippen molar-refractivity contribution in [1.82, 2.24) is 9.97 Å². The topological polar surface area (TPSA) is 25.8 Å². The third-order valence-corrected chi connectivity index (χ3v) is 3.27. The van der Waals surface area contributed by atoms with Gasteiger partial charge in [-0.1, -0.05) is 13.3 Å². The summed E-state index contributed by atoms with van der Waals surface area (Å²) < 4.78 is 0. The number of hydrogen-bond acceptors (Lipinski definition) is 2. The fourth-order valence-electron chi connectivity index (χ4n) is 2.37. The van der Waals surface area contributed by atoms with Crippen molar-refractivity contribution in [2.24, 2.45) is 5.92 Å². The van der Waals surface area contributed by atoms with E-state index in [-0.39, 0.29) is 0 Å². The van der Waals surface area contributed by atoms with Crippen molar-refractivity contribution in [3.63, 3.8) is 0 Å². The highest BCUT2D eigenvalue weighted by Gasteiger charge is 2.20. The van der Waals surface area contributed by atoms with E-state index in [1.807, 2.05) is 6.92 Å². The van der Waals surface area contributed by atoms with Gasteiger partial charge in [-0.05, 0) is 44.6 Å². The summed E-state index contributed by atoms with van der Waals surface area (Å²) in [5, 5.41) is 0. The number of rotatable bonds is 1. The Kier molecular flexibility index (Phi) is 2.53. The van der Waals surface area contributed by atoms with Crippen LogP contribution in [0.3, 0.4) is 0 Å². The first-order valence-corrected chi connectivity index (χ1v) is 5.53. The Morgan fingerprint density at radius 3 is 2.79 bits per heavy atom. The van der Waals surface area contributed by atoms with Crippen molar-refractivity contribution in [3.05, 3.63) is 22.8 Å². The molecular weight excluding hydrogens is 172 g/mol. The molecule has 1 aromatic heterocycles. The first-order valence-electron chi connectivity index (χ1n) is 5.53. The van der Waals surface area contributed by atoms with Crippen molar-refractivity contribution in [2.75, 3.05) is 0 Å². The third-order valence-electron chi connectivity index (χ3n) is 3.27. The summed E-state index contributed by atoms with van der Waals surface area (Å²) in [7, 11) is 0. The Balaban J connectivity index is 2.37. The molecule has 0 unspecified atom stereocenters. The van der Waals surface area contributed by atoms with E-state index < -0.39 is 0 Å². The number of fused-ring (bicyclic) bond motifs is 1. The van der Waals surface area contributed by atoms with Gasteiger partial charge < -0.3 is 0 Å². The Bertz CT molecular complexity index is 344. The Morgan fingerprint density at radius 2 is 2.07 bits per heavy atom. The molecule has 0 spiro atoms. The van der Waals surface area contributed by atoms with Crippen molar-refractivity contribution >= 4 is 0 Å². The van der Waals surface area contributed by atoms with E-state index >= 15 is 0 Å². The maximum atomic E-state index is 4.56. The van der Waals surface area contributed by atoms with Gasteiger partial charge in [-0.2, -0.15) is 0 Å². The SMILES string of the molecule is CC[C@H]1CCc2c(C)nc(C)nc2C1. The van der Waals surface area contributed by atoms with Crippen LogP contribution in [0.1, 0.15) is 42.5 Å². The summed E-state index contributed by atoms with van der Waals surface area (Å²) in [6.07, 6.45) is 4.94. The molecule has 1 aromatic rings. The molecule has 0 fully saturated rings. The summed E-state index contributed by atoms with van der Waals surface area (Å²) in [5.74, 6) is 1.77. The molecule has 14 heavy (non-hydrogen) atoms. The number of aromatic nitrogens is 2. The second-order valence-electron chi connectivity index (χ2n) is 4.30. The van der Waals surface area contributed by atoms with Crippen LogP contribution in [-0.2, 0) is 12.8 Å². The fraction of sp³-hybridized carbons (Fsp3) is 0.667. The molecule has 76 valence electrons. The molecule has 1 aliphatic rings. The van der Waals surface area contributed by atoms with Gasteiger partial charge in [0, 0.05) is 11.4 Å². The van der Waals surface area contributed by atoms with Crippen molar-refractivity contribution in [2.45, 2.75) is 46.5 Å². The number of aryl methyl sites for hydroxylation is 2. The molecule has 2 rings (SSSR count). The maximum Gasteiger partial charge on any atom is 0.125 e. The van der Waals surface area contributed by atoms with Crippen LogP contribution in [0.15, 0.2) is 0 Å². The average molecular weight is 190 g/mol. The molecule has 1 aliphatic carbocycles. The Labute approximate surface area is 85.8 Å². The van der Waals surface area contributed by atoms with Gasteiger partial charge in [-0.15, -0.1) is 0 Å². The van der Waals surface area contributed by atoms with Crippen LogP contribution in [-0.4, -0.2) is 9.97 Å². The van der Waals surface area contributed by atoms with E-state index in [2.05, 4.69) is 23.8 Å². The summed E-state index contributed by atoms with van der Waals surface area (Å²) >= 11 is 0. The zero-order chi connectivity index (χ0) is 10.1. The summed E-state index contributed by atoms with van der Waals surface area (Å²) in [6, 6.07) is 0. The van der Waals surface area contributed by atoms with Gasteiger partial charge in [-0.3, -0.25) is 0 Å². The third kappa shape index (κ3) is 1.66. The molecule has 2 nitrogen and oxygen atoms in total. The van der Waals surface area contributed by atoms with Crippen LogP contribution in [0.2, 0.25) is 0 Å². The van der Waals surface area contributed by atoms with Crippen LogP contribution < -0.4 is 0 Å². The second kappa shape index (κ2) is 3.68. The molecular formula is C12H18N2. The van der Waals surface area contributed by atoms with Crippen LogP contribution >= 0.6 is 0 Å². The monoisotopic (exact) mass is 190 g/mol. The largest absolute Gasteiger partial charge is 0.238 e. The lowest BCUT2D eigenvalue weighted by atomic mass is 9.85. The molecule has 0 aromatic carbocycles. The molecule has 1 heterocycles. The van der Waals surface area contributed by atoms with E-state index in [4.69, 9.17) is 0 Å². The van der Waals surface area contributed by atoms with Gasteiger partial charge in [-0.25, -0.2) is 9.97 Å². The van der Waals surface area contributed by atoms with Gasteiger partial charge in [0.15, 0.2) is 0 Å². The van der Waals surface area contributed by atoms with Crippen LogP contribution in [0.5, 0.6) is 0 Å². The lowest BCUT2D eigenvalue weighted by Crippen LogP contribution is -2.17. The minimum atomic E-state index is 0.844. The highest BCUT2D eigenvalue weighted by molar-refractivity contribution is 5.27. The molecule has 0 aliphatic heterocycles. The zero-order valence-corrected chi connectivity index (χ0v) is 9.30. The van der Waals surface area contributed by atoms with Crippen molar-refractivity contribution in [1.29, 1.82) is 0 Å². The Morgan fingerprint density at radius 1 is 1.29 bits per heavy atom. The van der Waals surface area contributed by atoms with Gasteiger partial charge >= 0.3 is 0 Å². The molecule has 0 bridgehead atoms. The fourth-order valence-corrected chi connectivity index (χ4v) is 2.37. The quantitative estimate of drug-likeness (QED) is 0.680. The molecule has 0 saturated heterocycles. The lowest BCUT2D eigenvalue weighted by molar-refractivity contribution is 0.434. The van der Waals surface area contributed by atoms with E-state index in [1.165, 1.54) is 36.2 Å². The molecule has 0 N–H and O–H groups in total. The minimum absolute atomic E-state index is 0.844. The first-order chi connectivity index (χ1) is 6.70. The van der Waals surface area contributed by atoms with Crippen LogP contribution in [0, 0.1) is 19.8 Å². The molecule has 0 radical (unpaired) electrons. The van der Waals surface area contributed by atoms with E-state index in [0.29, 0.717) is 0 Å². The molecule has 0 amide bonds. The summed E-state index contributed by atoms with van der Waals surface area (Å²) in [5.41, 5.74) is 3.93. The Hall–Kier alpha value is -0.920. The van der Waals surface area contributed by atoms with Gasteiger partial charge in [0.1, 0.15) is 5.82 Å². The predicted molar refractivity (Wildman–Crippen MR) is 57.3 cm³/mol. The molecule has 0 saturated carbocycles. The van der Waals surface area contributed by atoms with E-state index in [0.717, 1.165) is 18.2 Å². The molecule has 2 heteroatoms. The average Bonchev–Trinajstić information content (AvgIpc) is 2.16. The minimum Gasteiger partial charge on any atom is -0.238 e. The van der Waals surface area contributed by atoms with Crippen molar-refractivity contribution in [3.8, 4) is 0 Å². The first kappa shape index (κ1) is 9.63. The normalized spacial score (nSPS) is 20.6. The second-order valence-corrected chi connectivity index (χ2v) is 4.30. The number of hydrogen-bond donors (Lipinski definition) is 0. The van der Waals surface area contributed by atoms with Crippen LogP contribution in [0.25, 0.3) is 0 Å². The van der Waals surface area contributed by atoms with Gasteiger partial charge in [0.2, 0.25) is 0 Å². The zero-order valence-electron chi connectivity index (χ0n) is 9.30. The highest BCUT2D eigenvalue weighted by atomic mass is 14.9.